The van der Waals surface area contributed by atoms with E-state index in [2.05, 4.69) is 15.4 Å². The minimum absolute atomic E-state index is 0.0706. The number of amides is 3. The SMILES string of the molecule is CCC(=O)N1CCC2(CC1)CC(NC(=O)Nc1ccc(OC(F)(F)F)cc1)C2. The van der Waals surface area contributed by atoms with Gasteiger partial charge in [0.15, 0.2) is 0 Å². The number of alkyl halides is 3. The van der Waals surface area contributed by atoms with Gasteiger partial charge in [0.05, 0.1) is 0 Å². The zero-order valence-corrected chi connectivity index (χ0v) is 15.6. The van der Waals surface area contributed by atoms with E-state index in [1.807, 2.05) is 11.8 Å². The fraction of sp³-hybridized carbons (Fsp3) is 0.579. The summed E-state index contributed by atoms with van der Waals surface area (Å²) < 4.78 is 40.2. The molecule has 0 unspecified atom stereocenters. The van der Waals surface area contributed by atoms with Crippen molar-refractivity contribution in [2.24, 2.45) is 5.41 Å². The Balaban J connectivity index is 1.41. The maximum atomic E-state index is 12.1. The molecule has 0 bridgehead atoms. The van der Waals surface area contributed by atoms with Crippen LogP contribution in [-0.4, -0.2) is 42.3 Å². The number of urea groups is 1. The van der Waals surface area contributed by atoms with Crippen LogP contribution >= 0.6 is 0 Å². The van der Waals surface area contributed by atoms with Gasteiger partial charge in [-0.05, 0) is 55.4 Å². The molecule has 2 fully saturated rings. The normalized spacial score (nSPS) is 19.1. The molecule has 3 amide bonds. The van der Waals surface area contributed by atoms with Gasteiger partial charge in [0.1, 0.15) is 5.75 Å². The molecule has 3 rings (SSSR count). The summed E-state index contributed by atoms with van der Waals surface area (Å²) in [5.74, 6) is -0.151. The smallest absolute Gasteiger partial charge is 0.406 e. The Bertz CT molecular complexity index is 705. The Kier molecular flexibility index (Phi) is 5.71. The number of hydrogen-bond acceptors (Lipinski definition) is 3. The molecule has 0 radical (unpaired) electrons. The molecule has 1 aliphatic carbocycles. The first-order chi connectivity index (χ1) is 13.2. The van der Waals surface area contributed by atoms with Crippen molar-refractivity contribution in [3.8, 4) is 5.75 Å². The number of nitrogens with one attached hydrogen (secondary N) is 2. The van der Waals surface area contributed by atoms with Crippen molar-refractivity contribution in [3.63, 3.8) is 0 Å². The number of hydrogen-bond donors (Lipinski definition) is 2. The average molecular weight is 399 g/mol. The van der Waals surface area contributed by atoms with Gasteiger partial charge in [0, 0.05) is 31.2 Å². The number of likely N-dealkylation sites (tertiary alicyclic amines) is 1. The molecule has 28 heavy (non-hydrogen) atoms. The van der Waals surface area contributed by atoms with Crippen molar-refractivity contribution in [2.75, 3.05) is 18.4 Å². The molecule has 1 saturated heterocycles. The van der Waals surface area contributed by atoms with Crippen LogP contribution in [0.15, 0.2) is 24.3 Å². The maximum Gasteiger partial charge on any atom is 0.573 e. The van der Waals surface area contributed by atoms with E-state index in [1.165, 1.54) is 12.1 Å². The number of rotatable bonds is 4. The van der Waals surface area contributed by atoms with Crippen LogP contribution in [0.1, 0.15) is 39.0 Å². The largest absolute Gasteiger partial charge is 0.573 e. The first kappa shape index (κ1) is 20.3. The minimum atomic E-state index is -4.74. The molecule has 154 valence electrons. The van der Waals surface area contributed by atoms with E-state index in [0.29, 0.717) is 12.1 Å². The van der Waals surface area contributed by atoms with E-state index in [9.17, 15) is 22.8 Å². The highest BCUT2D eigenvalue weighted by Crippen LogP contribution is 2.49. The van der Waals surface area contributed by atoms with Crippen LogP contribution in [0.5, 0.6) is 5.75 Å². The van der Waals surface area contributed by atoms with E-state index >= 15 is 0 Å². The molecule has 1 spiro atoms. The van der Waals surface area contributed by atoms with Crippen LogP contribution in [0, 0.1) is 5.41 Å². The molecule has 1 aromatic rings. The van der Waals surface area contributed by atoms with Crippen molar-refractivity contribution in [1.29, 1.82) is 0 Å². The Morgan fingerprint density at radius 2 is 1.79 bits per heavy atom. The first-order valence-corrected chi connectivity index (χ1v) is 9.39. The predicted octanol–water partition coefficient (Wildman–Crippen LogP) is 3.89. The van der Waals surface area contributed by atoms with E-state index in [4.69, 9.17) is 0 Å². The molecule has 2 aliphatic rings. The van der Waals surface area contributed by atoms with Crippen LogP contribution in [0.2, 0.25) is 0 Å². The van der Waals surface area contributed by atoms with Crippen molar-refractivity contribution in [1.82, 2.24) is 10.2 Å². The third-order valence-corrected chi connectivity index (χ3v) is 5.52. The van der Waals surface area contributed by atoms with Crippen LogP contribution in [0.4, 0.5) is 23.7 Å². The highest BCUT2D eigenvalue weighted by Gasteiger charge is 2.46. The average Bonchev–Trinajstić information content (AvgIpc) is 2.61. The highest BCUT2D eigenvalue weighted by molar-refractivity contribution is 5.89. The van der Waals surface area contributed by atoms with Gasteiger partial charge in [-0.2, -0.15) is 0 Å². The summed E-state index contributed by atoms with van der Waals surface area (Å²) in [6.45, 7) is 3.42. The summed E-state index contributed by atoms with van der Waals surface area (Å²) in [6.07, 6.45) is -0.536. The van der Waals surface area contributed by atoms with Gasteiger partial charge < -0.3 is 20.3 Å². The maximum absolute atomic E-state index is 12.1. The summed E-state index contributed by atoms with van der Waals surface area (Å²) in [5.41, 5.74) is 0.589. The van der Waals surface area contributed by atoms with Crippen molar-refractivity contribution >= 4 is 17.6 Å². The highest BCUT2D eigenvalue weighted by atomic mass is 19.4. The first-order valence-electron chi connectivity index (χ1n) is 9.39. The molecule has 0 aromatic heterocycles. The molecule has 1 aliphatic heterocycles. The zero-order valence-electron chi connectivity index (χ0n) is 15.6. The van der Waals surface area contributed by atoms with Crippen LogP contribution in [0.3, 0.4) is 0 Å². The van der Waals surface area contributed by atoms with E-state index in [1.54, 1.807) is 0 Å². The molecular weight excluding hydrogens is 375 g/mol. The van der Waals surface area contributed by atoms with E-state index < -0.39 is 6.36 Å². The van der Waals surface area contributed by atoms with Gasteiger partial charge in [-0.25, -0.2) is 4.79 Å². The van der Waals surface area contributed by atoms with Crippen molar-refractivity contribution < 1.29 is 27.5 Å². The number of ether oxygens (including phenoxy) is 1. The number of halogens is 3. The van der Waals surface area contributed by atoms with Gasteiger partial charge in [0.2, 0.25) is 5.91 Å². The Morgan fingerprint density at radius 1 is 1.18 bits per heavy atom. The fourth-order valence-electron chi connectivity index (χ4n) is 4.04. The Labute approximate surface area is 161 Å². The quantitative estimate of drug-likeness (QED) is 0.807. The Morgan fingerprint density at radius 3 is 2.32 bits per heavy atom. The van der Waals surface area contributed by atoms with Crippen LogP contribution in [-0.2, 0) is 4.79 Å². The lowest BCUT2D eigenvalue weighted by atomic mass is 9.60. The summed E-state index contributed by atoms with van der Waals surface area (Å²) in [5, 5.41) is 5.50. The van der Waals surface area contributed by atoms with Crippen LogP contribution < -0.4 is 15.4 Å². The third kappa shape index (κ3) is 5.08. The lowest BCUT2D eigenvalue weighted by Crippen LogP contribution is -2.56. The number of carbonyl (C=O) groups is 2. The molecule has 1 heterocycles. The summed E-state index contributed by atoms with van der Waals surface area (Å²) >= 11 is 0. The number of anilines is 1. The topological polar surface area (TPSA) is 70.7 Å². The third-order valence-electron chi connectivity index (χ3n) is 5.52. The Hall–Kier alpha value is -2.45. The second kappa shape index (κ2) is 7.89. The zero-order chi connectivity index (χ0) is 20.4. The monoisotopic (exact) mass is 399 g/mol. The lowest BCUT2D eigenvalue weighted by Gasteiger charge is -2.52. The second-order valence-corrected chi connectivity index (χ2v) is 7.51. The standard InChI is InChI=1S/C19H24F3N3O3/c1-2-16(26)25-9-7-18(8-10-25)11-14(12-18)24-17(27)23-13-3-5-15(6-4-13)28-19(20,21)22/h3-6,14H,2,7-12H2,1H3,(H2,23,24,27). The molecular formula is C19H24F3N3O3. The molecule has 0 atom stereocenters. The predicted molar refractivity (Wildman–Crippen MR) is 96.8 cm³/mol. The fourth-order valence-corrected chi connectivity index (χ4v) is 4.04. The van der Waals surface area contributed by atoms with Gasteiger partial charge >= 0.3 is 12.4 Å². The van der Waals surface area contributed by atoms with Gasteiger partial charge in [-0.1, -0.05) is 6.92 Å². The molecule has 9 heteroatoms. The van der Waals surface area contributed by atoms with Gasteiger partial charge in [0.25, 0.3) is 0 Å². The van der Waals surface area contributed by atoms with E-state index in [0.717, 1.165) is 50.9 Å². The molecule has 2 N–H and O–H groups in total. The molecule has 1 aromatic carbocycles. The van der Waals surface area contributed by atoms with Gasteiger partial charge in [-0.15, -0.1) is 13.2 Å². The van der Waals surface area contributed by atoms with Crippen molar-refractivity contribution in [2.45, 2.75) is 51.4 Å². The number of benzene rings is 1. The van der Waals surface area contributed by atoms with Gasteiger partial charge in [-0.3, -0.25) is 4.79 Å². The molecule has 1 saturated carbocycles. The second-order valence-electron chi connectivity index (χ2n) is 7.51. The summed E-state index contributed by atoms with van der Waals surface area (Å²) in [4.78, 5) is 25.8. The summed E-state index contributed by atoms with van der Waals surface area (Å²) in [6, 6.07) is 4.68. The lowest BCUT2D eigenvalue weighted by molar-refractivity contribution is -0.274. The number of carbonyl (C=O) groups excluding carboxylic acids is 2. The minimum Gasteiger partial charge on any atom is -0.406 e. The van der Waals surface area contributed by atoms with E-state index in [-0.39, 0.29) is 29.1 Å². The van der Waals surface area contributed by atoms with Crippen molar-refractivity contribution in [3.05, 3.63) is 24.3 Å². The molecule has 6 nitrogen and oxygen atoms in total. The number of nitrogens with zero attached hydrogens (tertiary/aromatic N) is 1. The van der Waals surface area contributed by atoms with Crippen LogP contribution in [0.25, 0.3) is 0 Å². The summed E-state index contributed by atoms with van der Waals surface area (Å²) in [7, 11) is 0. The number of piperidine rings is 1.